The van der Waals surface area contributed by atoms with Crippen molar-refractivity contribution in [2.75, 3.05) is 5.32 Å². The minimum Gasteiger partial charge on any atom is -0.322 e. The molecule has 10 heteroatoms. The van der Waals surface area contributed by atoms with Crippen molar-refractivity contribution >= 4 is 22.9 Å². The summed E-state index contributed by atoms with van der Waals surface area (Å²) in [7, 11) is 0. The molecule has 0 fully saturated rings. The maximum absolute atomic E-state index is 12.5. The highest BCUT2D eigenvalue weighted by molar-refractivity contribution is 6.07. The molecule has 0 unspecified atom stereocenters. The first-order chi connectivity index (χ1) is 16.1. The van der Waals surface area contributed by atoms with Crippen LogP contribution in [0.4, 0.5) is 11.4 Å². The van der Waals surface area contributed by atoms with E-state index in [9.17, 15) is 14.9 Å². The van der Waals surface area contributed by atoms with Crippen LogP contribution in [0.1, 0.15) is 10.4 Å². The topological polar surface area (TPSA) is 128 Å². The Kier molecular flexibility index (Phi) is 5.00. The number of aromatic nitrogens is 5. The van der Waals surface area contributed by atoms with Crippen molar-refractivity contribution in [1.29, 1.82) is 0 Å². The average molecular weight is 437 g/mol. The third-order valence-corrected chi connectivity index (χ3v) is 4.94. The summed E-state index contributed by atoms with van der Waals surface area (Å²) in [6, 6.07) is 22.0. The molecule has 33 heavy (non-hydrogen) atoms. The molecule has 0 atom stereocenters. The van der Waals surface area contributed by atoms with Crippen molar-refractivity contribution in [3.63, 3.8) is 0 Å². The zero-order valence-corrected chi connectivity index (χ0v) is 17.0. The van der Waals surface area contributed by atoms with Crippen molar-refractivity contribution < 1.29 is 9.72 Å². The highest BCUT2D eigenvalue weighted by atomic mass is 16.6. The summed E-state index contributed by atoms with van der Waals surface area (Å²) >= 11 is 0. The normalized spacial score (nSPS) is 10.8. The summed E-state index contributed by atoms with van der Waals surface area (Å²) in [5, 5.41) is 26.8. The third-order valence-electron chi connectivity index (χ3n) is 4.94. The van der Waals surface area contributed by atoms with Gasteiger partial charge in [-0.2, -0.15) is 9.61 Å². The fraction of sp³-hybridized carbons (Fsp3) is 0. The maximum Gasteiger partial charge on any atom is 0.282 e. The quantitative estimate of drug-likeness (QED) is 0.325. The summed E-state index contributed by atoms with van der Waals surface area (Å²) in [5.41, 5.74) is 2.98. The van der Waals surface area contributed by atoms with Gasteiger partial charge >= 0.3 is 0 Å². The molecule has 0 spiro atoms. The molecular formula is C23H15N7O3. The lowest BCUT2D eigenvalue weighted by Crippen LogP contribution is -2.13. The summed E-state index contributed by atoms with van der Waals surface area (Å²) < 4.78 is 1.63. The fourth-order valence-electron chi connectivity index (χ4n) is 3.35. The van der Waals surface area contributed by atoms with Crippen LogP contribution >= 0.6 is 0 Å². The van der Waals surface area contributed by atoms with Crippen molar-refractivity contribution in [3.05, 3.63) is 101 Å². The molecule has 5 rings (SSSR count). The first-order valence-electron chi connectivity index (χ1n) is 9.89. The van der Waals surface area contributed by atoms with Gasteiger partial charge in [-0.15, -0.1) is 10.2 Å². The van der Waals surface area contributed by atoms with Gasteiger partial charge in [0.05, 0.1) is 10.6 Å². The summed E-state index contributed by atoms with van der Waals surface area (Å²) in [5.74, 6) is -0.0279. The number of carbonyl (C=O) groups excluding carboxylic acids is 1. The van der Waals surface area contributed by atoms with Gasteiger partial charge in [0.25, 0.3) is 11.6 Å². The Morgan fingerprint density at radius 2 is 1.67 bits per heavy atom. The van der Waals surface area contributed by atoms with Crippen molar-refractivity contribution in [1.82, 2.24) is 24.8 Å². The Bertz CT molecular complexity index is 1480. The number of nitro groups is 1. The number of anilines is 1. The van der Waals surface area contributed by atoms with Crippen LogP contribution in [-0.2, 0) is 0 Å². The van der Waals surface area contributed by atoms with E-state index in [1.54, 1.807) is 41.0 Å². The molecular weight excluding hydrogens is 422 g/mol. The molecule has 3 heterocycles. The first-order valence-corrected chi connectivity index (χ1v) is 9.89. The van der Waals surface area contributed by atoms with Gasteiger partial charge in [0.1, 0.15) is 11.3 Å². The van der Waals surface area contributed by atoms with Gasteiger partial charge in [0.2, 0.25) is 5.82 Å². The van der Waals surface area contributed by atoms with Crippen LogP contribution < -0.4 is 5.32 Å². The summed E-state index contributed by atoms with van der Waals surface area (Å²) in [4.78, 5) is 27.4. The van der Waals surface area contributed by atoms with E-state index < -0.39 is 10.8 Å². The zero-order valence-electron chi connectivity index (χ0n) is 17.0. The van der Waals surface area contributed by atoms with E-state index in [0.29, 0.717) is 28.5 Å². The van der Waals surface area contributed by atoms with E-state index in [4.69, 9.17) is 0 Å². The molecule has 3 aromatic heterocycles. The molecule has 10 nitrogen and oxygen atoms in total. The highest BCUT2D eigenvalue weighted by Crippen LogP contribution is 2.23. The molecule has 160 valence electrons. The maximum atomic E-state index is 12.5. The second-order valence-electron chi connectivity index (χ2n) is 7.03. The highest BCUT2D eigenvalue weighted by Gasteiger charge is 2.19. The molecule has 0 saturated carbocycles. The summed E-state index contributed by atoms with van der Waals surface area (Å²) in [6.07, 6.45) is 1.68. The number of amides is 1. The van der Waals surface area contributed by atoms with Crippen LogP contribution in [0.5, 0.6) is 0 Å². The lowest BCUT2D eigenvalue weighted by Gasteiger charge is -2.07. The van der Waals surface area contributed by atoms with Crippen LogP contribution in [0.25, 0.3) is 28.4 Å². The molecule has 0 aliphatic carbocycles. The number of hydrogen-bond acceptors (Lipinski definition) is 7. The van der Waals surface area contributed by atoms with Crippen molar-refractivity contribution in [2.45, 2.75) is 0 Å². The Balaban J connectivity index is 1.41. The fourth-order valence-corrected chi connectivity index (χ4v) is 3.35. The Morgan fingerprint density at radius 1 is 0.879 bits per heavy atom. The van der Waals surface area contributed by atoms with Crippen molar-refractivity contribution in [3.8, 4) is 22.8 Å². The monoisotopic (exact) mass is 437 g/mol. The second kappa shape index (κ2) is 8.27. The number of pyridine rings is 1. The second-order valence-corrected chi connectivity index (χ2v) is 7.03. The largest absolute Gasteiger partial charge is 0.322 e. The van der Waals surface area contributed by atoms with Crippen molar-refractivity contribution in [2.24, 2.45) is 0 Å². The third kappa shape index (κ3) is 3.88. The average Bonchev–Trinajstić information content (AvgIpc) is 3.28. The molecule has 2 aromatic carbocycles. The Hall–Kier alpha value is -4.99. The number of benzene rings is 2. The van der Waals surface area contributed by atoms with E-state index in [1.807, 2.05) is 30.3 Å². The zero-order chi connectivity index (χ0) is 22.8. The van der Waals surface area contributed by atoms with Gasteiger partial charge in [-0.3, -0.25) is 19.9 Å². The molecule has 5 aromatic rings. The van der Waals surface area contributed by atoms with E-state index in [-0.39, 0.29) is 11.3 Å². The van der Waals surface area contributed by atoms with Gasteiger partial charge in [0.15, 0.2) is 5.65 Å². The van der Waals surface area contributed by atoms with Gasteiger partial charge < -0.3 is 5.32 Å². The molecule has 0 saturated heterocycles. The predicted octanol–water partition coefficient (Wildman–Crippen LogP) is 4.01. The van der Waals surface area contributed by atoms with E-state index in [1.165, 1.54) is 18.2 Å². The Morgan fingerprint density at radius 3 is 2.42 bits per heavy atom. The molecule has 0 aliphatic rings. The number of carbonyl (C=O) groups is 1. The number of nitro benzene ring substituents is 1. The molecule has 1 N–H and O–H groups in total. The van der Waals surface area contributed by atoms with Gasteiger partial charge in [-0.1, -0.05) is 30.3 Å². The number of nitrogens with one attached hydrogen (secondary N) is 1. The van der Waals surface area contributed by atoms with Gasteiger partial charge in [-0.25, -0.2) is 0 Å². The number of rotatable bonds is 5. The number of hydrogen-bond donors (Lipinski definition) is 1. The number of nitrogens with zero attached hydrogens (tertiary/aromatic N) is 6. The van der Waals surface area contributed by atoms with Gasteiger partial charge in [0, 0.05) is 23.5 Å². The van der Waals surface area contributed by atoms with Crippen LogP contribution in [0.3, 0.4) is 0 Å². The summed E-state index contributed by atoms with van der Waals surface area (Å²) in [6.45, 7) is 0. The van der Waals surface area contributed by atoms with Crippen LogP contribution in [-0.4, -0.2) is 35.6 Å². The SMILES string of the molecule is O=C(Nc1ccc(-c2ccc3nnc(-c4ccccn4)n3n2)cc1)c1ccccc1[N+](=O)[O-]. The molecule has 0 bridgehead atoms. The smallest absolute Gasteiger partial charge is 0.282 e. The minimum atomic E-state index is -0.579. The lowest BCUT2D eigenvalue weighted by atomic mass is 10.1. The Labute approximate surface area is 186 Å². The van der Waals surface area contributed by atoms with Crippen LogP contribution in [0.2, 0.25) is 0 Å². The number of fused-ring (bicyclic) bond motifs is 1. The van der Waals surface area contributed by atoms with Crippen LogP contribution in [0, 0.1) is 10.1 Å². The first kappa shape index (κ1) is 19.9. The molecule has 0 aliphatic heterocycles. The van der Waals surface area contributed by atoms with E-state index >= 15 is 0 Å². The molecule has 0 radical (unpaired) electrons. The van der Waals surface area contributed by atoms with Crippen LogP contribution in [0.15, 0.2) is 85.1 Å². The van der Waals surface area contributed by atoms with Gasteiger partial charge in [-0.05, 0) is 42.5 Å². The standard InChI is InChI=1S/C23H15N7O3/c31-23(17-5-1-2-7-20(17)30(32)33)25-16-10-8-15(9-11-16)18-12-13-21-26-27-22(29(21)28-18)19-6-3-4-14-24-19/h1-14H,(H,25,31). The lowest BCUT2D eigenvalue weighted by molar-refractivity contribution is -0.385. The van der Waals surface area contributed by atoms with E-state index in [0.717, 1.165) is 5.56 Å². The predicted molar refractivity (Wildman–Crippen MR) is 120 cm³/mol. The molecule has 1 amide bonds. The number of para-hydroxylation sites is 1. The minimum absolute atomic E-state index is 0.00615. The van der Waals surface area contributed by atoms with E-state index in [2.05, 4.69) is 25.6 Å².